The maximum atomic E-state index is 10.7. The molecule has 0 atom stereocenters. The first-order valence-corrected chi connectivity index (χ1v) is 6.25. The molecule has 100 valence electrons. The minimum atomic E-state index is -0.931. The molecule has 0 saturated carbocycles. The summed E-state index contributed by atoms with van der Waals surface area (Å²) in [6.07, 6.45) is 2.86. The minimum absolute atomic E-state index is 0.931. The molecule has 0 heterocycles. The monoisotopic (exact) mass is 256 g/mol. The van der Waals surface area contributed by atoms with E-state index in [9.17, 15) is 4.79 Å². The number of hydrogen-bond donors (Lipinski definition) is 1. The third-order valence-electron chi connectivity index (χ3n) is 2.76. The zero-order chi connectivity index (χ0) is 14.4. The number of allylic oxidation sites excluding steroid dienone is 5. The highest BCUT2D eigenvalue weighted by Crippen LogP contribution is 2.29. The first kappa shape index (κ1) is 15.0. The maximum absolute atomic E-state index is 10.7. The van der Waals surface area contributed by atoms with Crippen LogP contribution in [0.2, 0.25) is 0 Å². The molecule has 19 heavy (non-hydrogen) atoms. The second-order valence-corrected chi connectivity index (χ2v) is 4.83. The molecule has 2 nitrogen and oxygen atoms in total. The van der Waals surface area contributed by atoms with Crippen molar-refractivity contribution in [1.82, 2.24) is 0 Å². The summed E-state index contributed by atoms with van der Waals surface area (Å²) in [6.45, 7) is 8.07. The molecule has 0 aromatic heterocycles. The summed E-state index contributed by atoms with van der Waals surface area (Å²) < 4.78 is 0. The molecule has 0 radical (unpaired) electrons. The topological polar surface area (TPSA) is 37.3 Å². The largest absolute Gasteiger partial charge is 0.478 e. The minimum Gasteiger partial charge on any atom is -0.478 e. The molecule has 1 aromatic rings. The van der Waals surface area contributed by atoms with E-state index in [4.69, 9.17) is 5.11 Å². The molecule has 1 N–H and O–H groups in total. The van der Waals surface area contributed by atoms with Gasteiger partial charge in [0.05, 0.1) is 0 Å². The van der Waals surface area contributed by atoms with Crippen molar-refractivity contribution in [2.24, 2.45) is 0 Å². The van der Waals surface area contributed by atoms with E-state index >= 15 is 0 Å². The Kier molecular flexibility index (Phi) is 5.31. The Hall–Kier alpha value is -2.09. The van der Waals surface area contributed by atoms with Crippen LogP contribution in [0.25, 0.3) is 5.57 Å². The van der Waals surface area contributed by atoms with E-state index in [1.165, 1.54) is 6.08 Å². The van der Waals surface area contributed by atoms with Crippen molar-refractivity contribution in [2.45, 2.75) is 27.7 Å². The molecular weight excluding hydrogens is 236 g/mol. The predicted octanol–water partition coefficient (Wildman–Crippen LogP) is 4.46. The zero-order valence-electron chi connectivity index (χ0n) is 11.9. The lowest BCUT2D eigenvalue weighted by atomic mass is 9.91. The van der Waals surface area contributed by atoms with Gasteiger partial charge in [0.2, 0.25) is 0 Å². The summed E-state index contributed by atoms with van der Waals surface area (Å²) in [5.74, 6) is -0.931. The molecule has 0 spiro atoms. The summed E-state index contributed by atoms with van der Waals surface area (Å²) in [4.78, 5) is 10.7. The van der Waals surface area contributed by atoms with Crippen molar-refractivity contribution in [3.8, 4) is 0 Å². The average molecular weight is 256 g/mol. The maximum Gasteiger partial charge on any atom is 0.328 e. The van der Waals surface area contributed by atoms with Gasteiger partial charge in [-0.25, -0.2) is 4.79 Å². The van der Waals surface area contributed by atoms with Crippen molar-refractivity contribution in [1.29, 1.82) is 0 Å². The van der Waals surface area contributed by atoms with Gasteiger partial charge in [0, 0.05) is 6.08 Å². The summed E-state index contributed by atoms with van der Waals surface area (Å²) in [5.41, 5.74) is 5.43. The Morgan fingerprint density at radius 1 is 0.947 bits per heavy atom. The van der Waals surface area contributed by atoms with E-state index in [1.807, 2.05) is 58.0 Å². The highest BCUT2D eigenvalue weighted by molar-refractivity contribution is 5.87. The van der Waals surface area contributed by atoms with E-state index in [2.05, 4.69) is 0 Å². The molecule has 0 unspecified atom stereocenters. The fourth-order valence-electron chi connectivity index (χ4n) is 1.97. The summed E-state index contributed by atoms with van der Waals surface area (Å²) in [6, 6.07) is 10.0. The lowest BCUT2D eigenvalue weighted by Crippen LogP contribution is -1.95. The number of carboxylic acid groups (broad SMARTS) is 1. The highest BCUT2D eigenvalue weighted by atomic mass is 16.4. The van der Waals surface area contributed by atoms with Gasteiger partial charge in [-0.3, -0.25) is 0 Å². The fourth-order valence-corrected chi connectivity index (χ4v) is 1.97. The fraction of sp³-hybridized carbons (Fsp3) is 0.235. The zero-order valence-corrected chi connectivity index (χ0v) is 11.9. The number of aliphatic carboxylic acids is 1. The van der Waals surface area contributed by atoms with Crippen LogP contribution in [-0.4, -0.2) is 11.1 Å². The van der Waals surface area contributed by atoms with Crippen LogP contribution in [-0.2, 0) is 4.79 Å². The van der Waals surface area contributed by atoms with Gasteiger partial charge in [-0.2, -0.15) is 0 Å². The highest BCUT2D eigenvalue weighted by Gasteiger charge is 2.09. The van der Waals surface area contributed by atoms with Gasteiger partial charge in [-0.15, -0.1) is 0 Å². The first-order chi connectivity index (χ1) is 8.93. The molecule has 0 aliphatic heterocycles. The molecule has 0 fully saturated rings. The Balaban J connectivity index is 3.38. The van der Waals surface area contributed by atoms with E-state index < -0.39 is 5.97 Å². The molecule has 0 saturated heterocycles. The third-order valence-corrected chi connectivity index (χ3v) is 2.76. The number of hydrogen-bond acceptors (Lipinski definition) is 1. The Morgan fingerprint density at radius 3 is 1.95 bits per heavy atom. The lowest BCUT2D eigenvalue weighted by Gasteiger charge is -2.14. The van der Waals surface area contributed by atoms with Crippen LogP contribution in [0.4, 0.5) is 0 Å². The summed E-state index contributed by atoms with van der Waals surface area (Å²) in [5, 5.41) is 8.81. The molecular formula is C17H20O2. The van der Waals surface area contributed by atoms with Crippen molar-refractivity contribution in [3.05, 3.63) is 64.8 Å². The van der Waals surface area contributed by atoms with Crippen LogP contribution in [0.15, 0.2) is 59.2 Å². The number of carboxylic acids is 1. The third kappa shape index (κ3) is 4.25. The SMILES string of the molecule is CC(C)=C(/C=C/C(=O)O)C(=C(C)C)c1ccccc1. The molecule has 1 rings (SSSR count). The van der Waals surface area contributed by atoms with Gasteiger partial charge in [0.15, 0.2) is 0 Å². The first-order valence-electron chi connectivity index (χ1n) is 6.25. The molecule has 0 bridgehead atoms. The van der Waals surface area contributed by atoms with Crippen molar-refractivity contribution < 1.29 is 9.90 Å². The Bertz CT molecular complexity index is 538. The van der Waals surface area contributed by atoms with Crippen LogP contribution in [0.1, 0.15) is 33.3 Å². The van der Waals surface area contributed by atoms with Gasteiger partial charge < -0.3 is 5.11 Å². The average Bonchev–Trinajstić information content (AvgIpc) is 2.34. The van der Waals surface area contributed by atoms with E-state index in [0.29, 0.717) is 0 Å². The van der Waals surface area contributed by atoms with E-state index in [0.717, 1.165) is 27.9 Å². The van der Waals surface area contributed by atoms with Gasteiger partial charge >= 0.3 is 5.97 Å². The van der Waals surface area contributed by atoms with Crippen molar-refractivity contribution in [3.63, 3.8) is 0 Å². The lowest BCUT2D eigenvalue weighted by molar-refractivity contribution is -0.131. The summed E-state index contributed by atoms with van der Waals surface area (Å²) in [7, 11) is 0. The predicted molar refractivity (Wildman–Crippen MR) is 79.9 cm³/mol. The summed E-state index contributed by atoms with van der Waals surface area (Å²) >= 11 is 0. The van der Waals surface area contributed by atoms with Crippen molar-refractivity contribution in [2.75, 3.05) is 0 Å². The second-order valence-electron chi connectivity index (χ2n) is 4.83. The Labute approximate surface area is 114 Å². The van der Waals surface area contributed by atoms with Crippen LogP contribution >= 0.6 is 0 Å². The second kappa shape index (κ2) is 6.74. The van der Waals surface area contributed by atoms with Crippen LogP contribution < -0.4 is 0 Å². The normalized spacial score (nSPS) is 10.3. The van der Waals surface area contributed by atoms with Crippen LogP contribution in [0.5, 0.6) is 0 Å². The molecule has 0 amide bonds. The number of carbonyl (C=O) groups is 1. The quantitative estimate of drug-likeness (QED) is 0.638. The van der Waals surface area contributed by atoms with Crippen LogP contribution in [0.3, 0.4) is 0 Å². The Morgan fingerprint density at radius 2 is 1.53 bits per heavy atom. The smallest absolute Gasteiger partial charge is 0.328 e. The van der Waals surface area contributed by atoms with Crippen LogP contribution in [0, 0.1) is 0 Å². The van der Waals surface area contributed by atoms with Crippen molar-refractivity contribution >= 4 is 11.5 Å². The molecule has 2 heteroatoms. The van der Waals surface area contributed by atoms with E-state index in [1.54, 1.807) is 6.08 Å². The van der Waals surface area contributed by atoms with E-state index in [-0.39, 0.29) is 0 Å². The standard InChI is InChI=1S/C17H20O2/c1-12(2)15(10-11-16(18)19)17(13(3)4)14-8-6-5-7-9-14/h5-11H,1-4H3,(H,18,19)/b11-10+. The molecule has 0 aliphatic carbocycles. The number of rotatable bonds is 4. The molecule has 1 aromatic carbocycles. The van der Waals surface area contributed by atoms with Gasteiger partial charge in [0.25, 0.3) is 0 Å². The molecule has 0 aliphatic rings. The van der Waals surface area contributed by atoms with Gasteiger partial charge in [0.1, 0.15) is 0 Å². The number of benzene rings is 1. The van der Waals surface area contributed by atoms with Gasteiger partial charge in [-0.05, 0) is 50.5 Å². The van der Waals surface area contributed by atoms with Gasteiger partial charge in [-0.1, -0.05) is 41.5 Å².